The molecule has 0 aliphatic rings. The van der Waals surface area contributed by atoms with Crippen molar-refractivity contribution in [2.45, 2.75) is 11.8 Å². The fourth-order valence-electron chi connectivity index (χ4n) is 0.393. The van der Waals surface area contributed by atoms with Gasteiger partial charge in [0.05, 0.1) is 0 Å². The van der Waals surface area contributed by atoms with Gasteiger partial charge in [-0.05, 0) is 6.54 Å². The van der Waals surface area contributed by atoms with Gasteiger partial charge in [0.15, 0.2) is 0 Å². The Hall–Kier alpha value is -0.510. The number of aliphatic carboxylic acids is 1. The first kappa shape index (κ1) is 9.49. The van der Waals surface area contributed by atoms with Crippen LogP contribution < -0.4 is 5.73 Å². The third kappa shape index (κ3) is 2.02. The Balaban J connectivity index is 4.22. The van der Waals surface area contributed by atoms with Gasteiger partial charge in [-0.15, -0.1) is 0 Å². The van der Waals surface area contributed by atoms with E-state index in [1.165, 1.54) is 0 Å². The van der Waals surface area contributed by atoms with Crippen LogP contribution in [0, 0.1) is 0 Å². The first-order valence-electron chi connectivity index (χ1n) is 2.57. The highest BCUT2D eigenvalue weighted by Crippen LogP contribution is 2.22. The van der Waals surface area contributed by atoms with E-state index in [-0.39, 0.29) is 13.0 Å². The van der Waals surface area contributed by atoms with Gasteiger partial charge < -0.3 is 15.9 Å². The van der Waals surface area contributed by atoms with E-state index in [0.717, 1.165) is 0 Å². The van der Waals surface area contributed by atoms with Gasteiger partial charge in [0.1, 0.15) is 0 Å². The maximum Gasteiger partial charge on any atom is 0.348 e. The molecule has 10 heavy (non-hydrogen) atoms. The second-order valence-corrected chi connectivity index (χ2v) is 2.67. The van der Waals surface area contributed by atoms with Gasteiger partial charge in [-0.1, -0.05) is 0 Å². The zero-order valence-electron chi connectivity index (χ0n) is 5.15. The van der Waals surface area contributed by atoms with E-state index < -0.39 is 19.8 Å². The molecule has 0 aliphatic carbocycles. The van der Waals surface area contributed by atoms with Crippen LogP contribution in [0.4, 0.5) is 0 Å². The zero-order valence-corrected chi connectivity index (χ0v) is 6.04. The summed E-state index contributed by atoms with van der Waals surface area (Å²) < 4.78 is 10.1. The molecule has 0 rings (SSSR count). The lowest BCUT2D eigenvalue weighted by molar-refractivity contribution is -0.150. The topological polar surface area (TPSA) is 101 Å². The predicted molar refractivity (Wildman–Crippen MR) is 33.9 cm³/mol. The molecule has 0 saturated heterocycles. The van der Waals surface area contributed by atoms with Crippen molar-refractivity contribution < 1.29 is 19.6 Å². The van der Waals surface area contributed by atoms with Gasteiger partial charge in [0.25, 0.3) is 0 Å². The van der Waals surface area contributed by atoms with E-state index >= 15 is 0 Å². The maximum atomic E-state index is 10.1. The normalized spacial score (nSPS) is 16.6. The summed E-state index contributed by atoms with van der Waals surface area (Å²) >= 11 is 0. The quantitative estimate of drug-likeness (QED) is 0.483. The number of carbonyl (C=O) groups is 1. The van der Waals surface area contributed by atoms with Crippen LogP contribution in [-0.2, 0) is 9.36 Å². The summed E-state index contributed by atoms with van der Waals surface area (Å²) in [6, 6.07) is 0. The summed E-state index contributed by atoms with van der Waals surface area (Å²) in [6.07, 6.45) is -0.215. The molecule has 1 unspecified atom stereocenters. The molecule has 0 saturated carbocycles. The predicted octanol–water partition coefficient (Wildman–Crippen LogP) is -0.600. The highest BCUT2D eigenvalue weighted by Gasteiger charge is 2.36. The molecule has 4 N–H and O–H groups in total. The molecule has 0 aromatic rings. The Morgan fingerprint density at radius 2 is 2.20 bits per heavy atom. The van der Waals surface area contributed by atoms with Crippen LogP contribution in [0.15, 0.2) is 0 Å². The Bertz CT molecular complexity index is 150. The Morgan fingerprint density at radius 1 is 1.70 bits per heavy atom. The van der Waals surface area contributed by atoms with Crippen LogP contribution in [0.25, 0.3) is 0 Å². The van der Waals surface area contributed by atoms with E-state index in [1.807, 2.05) is 0 Å². The minimum atomic E-state index is -2.20. The summed E-state index contributed by atoms with van der Waals surface area (Å²) in [7, 11) is -0.827. The molecule has 0 aromatic heterocycles. The number of nitrogens with two attached hydrogens (primary N) is 1. The van der Waals surface area contributed by atoms with E-state index in [2.05, 4.69) is 0 Å². The SMILES string of the molecule is NCCC(O)(P=O)C(=O)O. The number of hydrogen-bond donors (Lipinski definition) is 3. The zero-order chi connectivity index (χ0) is 8.20. The van der Waals surface area contributed by atoms with E-state index in [0.29, 0.717) is 0 Å². The highest BCUT2D eigenvalue weighted by atomic mass is 31.1. The van der Waals surface area contributed by atoms with Crippen molar-refractivity contribution in [3.8, 4) is 0 Å². The molecule has 0 spiro atoms. The summed E-state index contributed by atoms with van der Waals surface area (Å²) in [5, 5.41) is 14.9. The average Bonchev–Trinajstić information content (AvgIpc) is 1.88. The lowest BCUT2D eigenvalue weighted by Crippen LogP contribution is -2.34. The van der Waals surface area contributed by atoms with Crippen LogP contribution in [0.2, 0.25) is 0 Å². The molecule has 1 atom stereocenters. The summed E-state index contributed by atoms with van der Waals surface area (Å²) in [5.74, 6) is -1.52. The van der Waals surface area contributed by atoms with Crippen LogP contribution in [0.3, 0.4) is 0 Å². The minimum absolute atomic E-state index is 0.0158. The minimum Gasteiger partial charge on any atom is -0.479 e. The number of aliphatic hydroxyl groups is 1. The van der Waals surface area contributed by atoms with E-state index in [1.54, 1.807) is 0 Å². The number of carboxylic acid groups (broad SMARTS) is 1. The van der Waals surface area contributed by atoms with Crippen LogP contribution in [-0.4, -0.2) is 28.1 Å². The second-order valence-electron chi connectivity index (χ2n) is 1.75. The van der Waals surface area contributed by atoms with Crippen molar-refractivity contribution in [2.75, 3.05) is 6.54 Å². The van der Waals surface area contributed by atoms with Crippen LogP contribution in [0.5, 0.6) is 0 Å². The molecule has 0 radical (unpaired) electrons. The highest BCUT2D eigenvalue weighted by molar-refractivity contribution is 7.27. The molecular weight excluding hydrogens is 157 g/mol. The second kappa shape index (κ2) is 3.61. The number of hydrogen-bond acceptors (Lipinski definition) is 4. The molecule has 6 heteroatoms. The van der Waals surface area contributed by atoms with Crippen molar-refractivity contribution >= 4 is 14.4 Å². The molecule has 0 aliphatic heterocycles. The van der Waals surface area contributed by atoms with E-state index in [4.69, 9.17) is 15.9 Å². The van der Waals surface area contributed by atoms with Crippen molar-refractivity contribution in [1.29, 1.82) is 0 Å². The molecule has 0 amide bonds. The van der Waals surface area contributed by atoms with Gasteiger partial charge >= 0.3 is 5.97 Å². The van der Waals surface area contributed by atoms with E-state index in [9.17, 15) is 9.36 Å². The summed E-state index contributed by atoms with van der Waals surface area (Å²) in [6.45, 7) is -0.0158. The maximum absolute atomic E-state index is 10.1. The summed E-state index contributed by atoms with van der Waals surface area (Å²) in [5.41, 5.74) is 4.96. The molecule has 0 fully saturated rings. The summed E-state index contributed by atoms with van der Waals surface area (Å²) in [4.78, 5) is 10.1. The smallest absolute Gasteiger partial charge is 0.348 e. The monoisotopic (exact) mass is 165 g/mol. The lowest BCUT2D eigenvalue weighted by atomic mass is 10.2. The largest absolute Gasteiger partial charge is 0.479 e. The molecule has 5 nitrogen and oxygen atoms in total. The lowest BCUT2D eigenvalue weighted by Gasteiger charge is -2.12. The molecule has 0 bridgehead atoms. The van der Waals surface area contributed by atoms with Crippen molar-refractivity contribution in [3.63, 3.8) is 0 Å². The first-order valence-corrected chi connectivity index (χ1v) is 3.38. The van der Waals surface area contributed by atoms with Gasteiger partial charge in [-0.2, -0.15) is 0 Å². The average molecular weight is 165 g/mol. The van der Waals surface area contributed by atoms with Crippen molar-refractivity contribution in [2.24, 2.45) is 5.73 Å². The fourth-order valence-corrected chi connectivity index (χ4v) is 0.691. The Morgan fingerprint density at radius 3 is 2.30 bits per heavy atom. The van der Waals surface area contributed by atoms with Crippen molar-refractivity contribution in [1.82, 2.24) is 0 Å². The molecule has 0 aromatic carbocycles. The number of carboxylic acids is 1. The van der Waals surface area contributed by atoms with Crippen LogP contribution in [0.1, 0.15) is 6.42 Å². The van der Waals surface area contributed by atoms with Crippen LogP contribution >= 0.6 is 8.46 Å². The van der Waals surface area contributed by atoms with Gasteiger partial charge in [0.2, 0.25) is 13.8 Å². The van der Waals surface area contributed by atoms with Gasteiger partial charge in [0, 0.05) is 6.42 Å². The van der Waals surface area contributed by atoms with Crippen molar-refractivity contribution in [3.05, 3.63) is 0 Å². The fraction of sp³-hybridized carbons (Fsp3) is 0.750. The van der Waals surface area contributed by atoms with Gasteiger partial charge in [-0.25, -0.2) is 4.79 Å². The molecule has 0 heterocycles. The molecular formula is C4H8NO4P. The Kier molecular flexibility index (Phi) is 3.42. The van der Waals surface area contributed by atoms with Gasteiger partial charge in [-0.3, -0.25) is 4.57 Å². The molecule has 58 valence electrons. The third-order valence-electron chi connectivity index (χ3n) is 0.986. The first-order chi connectivity index (χ1) is 4.56. The Labute approximate surface area is 59.0 Å². The standard InChI is InChI=1S/C4H8NO4P/c5-2-1-4(8,10-9)3(6)7/h8H,1-2,5H2,(H,6,7). The number of rotatable bonds is 4. The third-order valence-corrected chi connectivity index (χ3v) is 1.70.